The number of nitrogens with zero attached hydrogens (tertiary/aromatic N) is 5. The molecule has 1 fully saturated rings. The zero-order valence-corrected chi connectivity index (χ0v) is 16.6. The average Bonchev–Trinajstić information content (AvgIpc) is 2.76. The number of carbonyl (C=O) groups excluding carboxylic acids is 1. The highest BCUT2D eigenvalue weighted by molar-refractivity contribution is 5.77. The number of rotatable bonds is 4. The molecule has 2 aromatic heterocycles. The second-order valence-electron chi connectivity index (χ2n) is 8.24. The number of aryl methyl sites for hydroxylation is 1. The predicted octanol–water partition coefficient (Wildman–Crippen LogP) is 1.38. The van der Waals surface area contributed by atoms with Gasteiger partial charge in [-0.2, -0.15) is 0 Å². The maximum absolute atomic E-state index is 12.8. The minimum Gasteiger partial charge on any atom is -0.342 e. The maximum Gasteiger partial charge on any atom is 0.277 e. The van der Waals surface area contributed by atoms with Crippen molar-refractivity contribution in [2.75, 3.05) is 13.1 Å². The van der Waals surface area contributed by atoms with Crippen LogP contribution >= 0.6 is 0 Å². The van der Waals surface area contributed by atoms with E-state index in [1.54, 1.807) is 30.3 Å². The molecule has 0 N–H and O–H groups in total. The Morgan fingerprint density at radius 1 is 1.03 bits per heavy atom. The Morgan fingerprint density at radius 3 is 2.80 bits per heavy atom. The number of piperidine rings is 1. The molecule has 2 aliphatic rings. The molecule has 2 bridgehead atoms. The number of pyridine rings is 1. The van der Waals surface area contributed by atoms with E-state index in [-0.39, 0.29) is 22.9 Å². The molecule has 0 aliphatic carbocycles. The Morgan fingerprint density at radius 2 is 1.90 bits per heavy atom. The van der Waals surface area contributed by atoms with Crippen LogP contribution in [0.4, 0.5) is 0 Å². The molecule has 1 amide bonds. The summed E-state index contributed by atoms with van der Waals surface area (Å²) in [5.74, 6) is 0.622. The van der Waals surface area contributed by atoms with Crippen molar-refractivity contribution >= 4 is 16.8 Å². The number of amides is 1. The van der Waals surface area contributed by atoms with E-state index in [0.717, 1.165) is 12.1 Å². The van der Waals surface area contributed by atoms with E-state index in [2.05, 4.69) is 10.3 Å². The van der Waals surface area contributed by atoms with Gasteiger partial charge < -0.3 is 9.47 Å². The van der Waals surface area contributed by atoms with Gasteiger partial charge >= 0.3 is 0 Å². The molecule has 0 unspecified atom stereocenters. The summed E-state index contributed by atoms with van der Waals surface area (Å²) in [6.07, 6.45) is 1.92. The first kappa shape index (κ1) is 18.7. The van der Waals surface area contributed by atoms with E-state index in [4.69, 9.17) is 0 Å². The van der Waals surface area contributed by atoms with Gasteiger partial charge in [0.2, 0.25) is 5.91 Å². The van der Waals surface area contributed by atoms with E-state index in [1.165, 1.54) is 4.68 Å². The van der Waals surface area contributed by atoms with Crippen LogP contribution in [0.3, 0.4) is 0 Å². The summed E-state index contributed by atoms with van der Waals surface area (Å²) in [5.41, 5.74) is 1.48. The average molecular weight is 405 g/mol. The van der Waals surface area contributed by atoms with Crippen LogP contribution in [0.1, 0.15) is 30.9 Å². The molecular formula is C22H23N5O3. The second-order valence-corrected chi connectivity index (χ2v) is 8.24. The largest absolute Gasteiger partial charge is 0.342 e. The predicted molar refractivity (Wildman–Crippen MR) is 111 cm³/mol. The van der Waals surface area contributed by atoms with Gasteiger partial charge in [0.05, 0.1) is 5.39 Å². The van der Waals surface area contributed by atoms with Gasteiger partial charge in [0.1, 0.15) is 5.52 Å². The number of hydrogen-bond acceptors (Lipinski definition) is 5. The van der Waals surface area contributed by atoms with Gasteiger partial charge in [-0.15, -0.1) is 5.10 Å². The molecule has 3 aromatic rings. The fraction of sp³-hybridized carbons (Fsp3) is 0.409. The summed E-state index contributed by atoms with van der Waals surface area (Å²) >= 11 is 0. The lowest BCUT2D eigenvalue weighted by molar-refractivity contribution is -0.134. The molecule has 0 radical (unpaired) electrons. The molecule has 4 heterocycles. The van der Waals surface area contributed by atoms with Gasteiger partial charge in [-0.25, -0.2) is 4.68 Å². The molecule has 1 saturated heterocycles. The van der Waals surface area contributed by atoms with Crippen molar-refractivity contribution in [3.63, 3.8) is 0 Å². The van der Waals surface area contributed by atoms with Gasteiger partial charge in [-0.3, -0.25) is 14.4 Å². The molecule has 0 saturated carbocycles. The minimum absolute atomic E-state index is 0.0453. The van der Waals surface area contributed by atoms with Crippen molar-refractivity contribution in [2.45, 2.75) is 38.3 Å². The summed E-state index contributed by atoms with van der Waals surface area (Å²) in [6.45, 7) is 2.37. The van der Waals surface area contributed by atoms with E-state index >= 15 is 0 Å². The Labute approximate surface area is 172 Å². The summed E-state index contributed by atoms with van der Waals surface area (Å²) in [7, 11) is 0. The third-order valence-electron chi connectivity index (χ3n) is 6.22. The number of aromatic nitrogens is 4. The lowest BCUT2D eigenvalue weighted by Crippen LogP contribution is -2.49. The lowest BCUT2D eigenvalue weighted by Gasteiger charge is -2.42. The molecule has 1 aromatic carbocycles. The highest BCUT2D eigenvalue weighted by Gasteiger charge is 2.35. The van der Waals surface area contributed by atoms with Gasteiger partial charge in [-0.05, 0) is 37.0 Å². The third kappa shape index (κ3) is 3.32. The Hall–Kier alpha value is -3.29. The standard InChI is InChI=1S/C22H23N5O3/c28-20(9-4-10-27-22(30)17-5-1-2-6-18(17)23-24-27)25-12-15-11-16(14-25)19-7-3-8-21(29)26(19)13-15/h1-3,5-8,15-16H,4,9-14H2/t15-,16-/m1/s1. The van der Waals surface area contributed by atoms with Gasteiger partial charge in [-0.1, -0.05) is 23.4 Å². The summed E-state index contributed by atoms with van der Waals surface area (Å²) in [5, 5.41) is 8.62. The number of hydrogen-bond donors (Lipinski definition) is 0. The molecule has 0 spiro atoms. The second kappa shape index (κ2) is 7.51. The highest BCUT2D eigenvalue weighted by atomic mass is 16.2. The van der Waals surface area contributed by atoms with Crippen LogP contribution < -0.4 is 11.1 Å². The molecule has 30 heavy (non-hydrogen) atoms. The number of carbonyl (C=O) groups is 1. The van der Waals surface area contributed by atoms with Crippen LogP contribution in [0.5, 0.6) is 0 Å². The van der Waals surface area contributed by atoms with Crippen molar-refractivity contribution in [2.24, 2.45) is 5.92 Å². The topological polar surface area (TPSA) is 90.1 Å². The first-order valence-electron chi connectivity index (χ1n) is 10.4. The maximum atomic E-state index is 12.8. The van der Waals surface area contributed by atoms with E-state index < -0.39 is 0 Å². The minimum atomic E-state index is -0.178. The van der Waals surface area contributed by atoms with Crippen molar-refractivity contribution in [1.82, 2.24) is 24.5 Å². The van der Waals surface area contributed by atoms with Crippen LogP contribution in [0.2, 0.25) is 0 Å². The van der Waals surface area contributed by atoms with Crippen molar-refractivity contribution in [3.8, 4) is 0 Å². The molecule has 5 rings (SSSR count). The monoisotopic (exact) mass is 405 g/mol. The highest BCUT2D eigenvalue weighted by Crippen LogP contribution is 2.35. The molecule has 154 valence electrons. The van der Waals surface area contributed by atoms with Crippen molar-refractivity contribution in [1.29, 1.82) is 0 Å². The van der Waals surface area contributed by atoms with Crippen LogP contribution in [0.25, 0.3) is 10.9 Å². The first-order valence-corrected chi connectivity index (χ1v) is 10.4. The van der Waals surface area contributed by atoms with Crippen molar-refractivity contribution in [3.05, 3.63) is 68.9 Å². The molecular weight excluding hydrogens is 382 g/mol. The summed E-state index contributed by atoms with van der Waals surface area (Å²) in [6, 6.07) is 12.5. The van der Waals surface area contributed by atoms with E-state index in [1.807, 2.05) is 21.6 Å². The Balaban J connectivity index is 1.24. The third-order valence-corrected chi connectivity index (χ3v) is 6.22. The zero-order chi connectivity index (χ0) is 20.7. The number of likely N-dealkylation sites (tertiary alicyclic amines) is 1. The molecule has 2 atom stereocenters. The van der Waals surface area contributed by atoms with E-state index in [9.17, 15) is 14.4 Å². The molecule has 8 nitrogen and oxygen atoms in total. The molecule has 2 aliphatic heterocycles. The SMILES string of the molecule is O=C(CCCn1nnc2ccccc2c1=O)N1C[C@H]2C[C@H](C1)c1cccc(=O)n1C2. The summed E-state index contributed by atoms with van der Waals surface area (Å²) < 4.78 is 3.20. The number of fused-ring (bicyclic) bond motifs is 5. The fourth-order valence-corrected chi connectivity index (χ4v) is 4.81. The van der Waals surface area contributed by atoms with Gasteiger partial charge in [0.25, 0.3) is 11.1 Å². The quantitative estimate of drug-likeness (QED) is 0.654. The lowest BCUT2D eigenvalue weighted by atomic mass is 9.83. The van der Waals surface area contributed by atoms with Crippen LogP contribution in [-0.2, 0) is 17.9 Å². The van der Waals surface area contributed by atoms with Crippen LogP contribution in [0.15, 0.2) is 52.1 Å². The van der Waals surface area contributed by atoms with Crippen molar-refractivity contribution < 1.29 is 4.79 Å². The fourth-order valence-electron chi connectivity index (χ4n) is 4.81. The summed E-state index contributed by atoms with van der Waals surface area (Å²) in [4.78, 5) is 39.4. The normalized spacial score (nSPS) is 20.2. The first-order chi connectivity index (χ1) is 14.6. The van der Waals surface area contributed by atoms with Gasteiger partial charge in [0, 0.05) is 50.3 Å². The van der Waals surface area contributed by atoms with Crippen LogP contribution in [0, 0.1) is 5.92 Å². The zero-order valence-electron chi connectivity index (χ0n) is 16.6. The Bertz CT molecular complexity index is 1230. The van der Waals surface area contributed by atoms with E-state index in [0.29, 0.717) is 55.8 Å². The number of benzene rings is 1. The Kier molecular flexibility index (Phi) is 4.69. The van der Waals surface area contributed by atoms with Gasteiger partial charge in [0.15, 0.2) is 0 Å². The molecule has 8 heteroatoms. The van der Waals surface area contributed by atoms with Crippen LogP contribution in [-0.4, -0.2) is 43.5 Å². The smallest absolute Gasteiger partial charge is 0.277 e.